The number of urea groups is 1. The Labute approximate surface area is 138 Å². The molecule has 3 rings (SSSR count). The van der Waals surface area contributed by atoms with Gasteiger partial charge in [-0.25, -0.2) is 4.79 Å². The van der Waals surface area contributed by atoms with Gasteiger partial charge >= 0.3 is 6.03 Å². The number of carbonyl (C=O) groups is 1. The first-order valence-electron chi connectivity index (χ1n) is 7.35. The zero-order valence-electron chi connectivity index (χ0n) is 12.9. The summed E-state index contributed by atoms with van der Waals surface area (Å²) in [6.07, 6.45) is 0. The molecule has 0 heterocycles. The van der Waals surface area contributed by atoms with Gasteiger partial charge in [-0.1, -0.05) is 42.5 Å². The average Bonchev–Trinajstić information content (AvgIpc) is 2.56. The van der Waals surface area contributed by atoms with E-state index in [-0.39, 0.29) is 5.69 Å². The highest BCUT2D eigenvalue weighted by molar-refractivity contribution is 6.06. The maximum Gasteiger partial charge on any atom is 0.323 e. The highest BCUT2D eigenvalue weighted by Crippen LogP contribution is 2.24. The van der Waals surface area contributed by atoms with E-state index in [0.29, 0.717) is 16.9 Å². The van der Waals surface area contributed by atoms with Gasteiger partial charge in [0, 0.05) is 22.7 Å². The van der Waals surface area contributed by atoms with Crippen LogP contribution in [-0.4, -0.2) is 11.0 Å². The third-order valence-corrected chi connectivity index (χ3v) is 3.70. The van der Waals surface area contributed by atoms with E-state index in [4.69, 9.17) is 0 Å². The fourth-order valence-electron chi connectivity index (χ4n) is 2.50. The summed E-state index contributed by atoms with van der Waals surface area (Å²) in [6.45, 7) is 1.65. The van der Waals surface area contributed by atoms with Gasteiger partial charge in [0.25, 0.3) is 5.69 Å². The molecule has 0 aliphatic rings. The molecule has 0 saturated carbocycles. The number of amides is 2. The first kappa shape index (κ1) is 15.5. The van der Waals surface area contributed by atoms with E-state index in [1.807, 2.05) is 36.4 Å². The molecule has 2 N–H and O–H groups in total. The number of carbonyl (C=O) groups excluding carboxylic acids is 1. The lowest BCUT2D eigenvalue weighted by molar-refractivity contribution is -0.385. The monoisotopic (exact) mass is 321 g/mol. The summed E-state index contributed by atoms with van der Waals surface area (Å²) < 4.78 is 0. The van der Waals surface area contributed by atoms with Gasteiger partial charge in [0.15, 0.2) is 0 Å². The third-order valence-electron chi connectivity index (χ3n) is 3.70. The molecule has 0 fully saturated rings. The molecule has 24 heavy (non-hydrogen) atoms. The number of benzene rings is 3. The average molecular weight is 321 g/mol. The second kappa shape index (κ2) is 6.37. The molecule has 0 bridgehead atoms. The zero-order valence-corrected chi connectivity index (χ0v) is 12.9. The van der Waals surface area contributed by atoms with Gasteiger partial charge in [0.1, 0.15) is 0 Å². The van der Waals surface area contributed by atoms with Gasteiger partial charge in [-0.15, -0.1) is 0 Å². The van der Waals surface area contributed by atoms with Crippen LogP contribution in [0.25, 0.3) is 10.8 Å². The topological polar surface area (TPSA) is 84.3 Å². The van der Waals surface area contributed by atoms with Crippen molar-refractivity contribution in [1.82, 2.24) is 0 Å². The summed E-state index contributed by atoms with van der Waals surface area (Å²) in [5.74, 6) is 0. The lowest BCUT2D eigenvalue weighted by atomic mass is 10.1. The van der Waals surface area contributed by atoms with Crippen molar-refractivity contribution in [2.45, 2.75) is 6.92 Å². The molecule has 6 nitrogen and oxygen atoms in total. The number of nitrogens with zero attached hydrogens (tertiary/aromatic N) is 1. The van der Waals surface area contributed by atoms with E-state index in [0.717, 1.165) is 10.8 Å². The SMILES string of the molecule is Cc1ccc(NC(=O)Nc2cccc3ccccc23)cc1[N+](=O)[O-]. The Kier molecular flexibility index (Phi) is 4.11. The van der Waals surface area contributed by atoms with Crippen molar-refractivity contribution in [3.05, 3.63) is 76.3 Å². The van der Waals surface area contributed by atoms with Gasteiger partial charge in [-0.3, -0.25) is 10.1 Å². The molecule has 6 heteroatoms. The van der Waals surface area contributed by atoms with Crippen LogP contribution in [0.5, 0.6) is 0 Å². The van der Waals surface area contributed by atoms with Gasteiger partial charge in [0.05, 0.1) is 10.6 Å². The number of nitro groups is 1. The maximum absolute atomic E-state index is 12.2. The van der Waals surface area contributed by atoms with Crippen molar-refractivity contribution in [3.63, 3.8) is 0 Å². The fraction of sp³-hybridized carbons (Fsp3) is 0.0556. The molecule has 3 aromatic carbocycles. The van der Waals surface area contributed by atoms with E-state index in [1.165, 1.54) is 6.07 Å². The second-order valence-electron chi connectivity index (χ2n) is 5.36. The smallest absolute Gasteiger partial charge is 0.307 e. The van der Waals surface area contributed by atoms with E-state index >= 15 is 0 Å². The van der Waals surface area contributed by atoms with Crippen LogP contribution in [0, 0.1) is 17.0 Å². The summed E-state index contributed by atoms with van der Waals surface area (Å²) in [5.41, 5.74) is 1.55. The van der Waals surface area contributed by atoms with Crippen molar-refractivity contribution >= 4 is 33.9 Å². The first-order chi connectivity index (χ1) is 11.5. The molecule has 0 radical (unpaired) electrons. The summed E-state index contributed by atoms with van der Waals surface area (Å²) in [6, 6.07) is 17.4. The first-order valence-corrected chi connectivity index (χ1v) is 7.35. The van der Waals surface area contributed by atoms with E-state index < -0.39 is 11.0 Å². The van der Waals surface area contributed by atoms with Gasteiger partial charge < -0.3 is 10.6 Å². The summed E-state index contributed by atoms with van der Waals surface area (Å²) in [4.78, 5) is 22.7. The standard InChI is InChI=1S/C18H15N3O3/c1-12-9-10-14(11-17(12)21(23)24)19-18(22)20-16-8-4-6-13-5-2-3-7-15(13)16/h2-11H,1H3,(H2,19,20,22). The molecule has 120 valence electrons. The van der Waals surface area contributed by atoms with Crippen molar-refractivity contribution < 1.29 is 9.72 Å². The van der Waals surface area contributed by atoms with E-state index in [9.17, 15) is 14.9 Å². The predicted octanol–water partition coefficient (Wildman–Crippen LogP) is 4.70. The van der Waals surface area contributed by atoms with Crippen molar-refractivity contribution in [3.8, 4) is 0 Å². The quantitative estimate of drug-likeness (QED) is 0.541. The van der Waals surface area contributed by atoms with Crippen LogP contribution in [0.4, 0.5) is 21.9 Å². The molecular weight excluding hydrogens is 306 g/mol. The van der Waals surface area contributed by atoms with Crippen molar-refractivity contribution in [2.24, 2.45) is 0 Å². The van der Waals surface area contributed by atoms with Crippen LogP contribution in [0.1, 0.15) is 5.56 Å². The van der Waals surface area contributed by atoms with Crippen LogP contribution in [-0.2, 0) is 0 Å². The van der Waals surface area contributed by atoms with Gasteiger partial charge in [0.2, 0.25) is 0 Å². The van der Waals surface area contributed by atoms with Crippen LogP contribution in [0.2, 0.25) is 0 Å². The van der Waals surface area contributed by atoms with E-state index in [2.05, 4.69) is 10.6 Å². The van der Waals surface area contributed by atoms with Gasteiger partial charge in [-0.05, 0) is 24.4 Å². The number of nitro benzene ring substituents is 1. The molecular formula is C18H15N3O3. The Balaban J connectivity index is 1.81. The number of hydrogen-bond donors (Lipinski definition) is 2. The zero-order chi connectivity index (χ0) is 17.1. The molecule has 0 spiro atoms. The lowest BCUT2D eigenvalue weighted by Crippen LogP contribution is -2.19. The molecule has 0 saturated heterocycles. The highest BCUT2D eigenvalue weighted by atomic mass is 16.6. The largest absolute Gasteiger partial charge is 0.323 e. The summed E-state index contributed by atoms with van der Waals surface area (Å²) in [7, 11) is 0. The molecule has 3 aromatic rings. The Hall–Kier alpha value is -3.41. The number of fused-ring (bicyclic) bond motifs is 1. The summed E-state index contributed by atoms with van der Waals surface area (Å²) >= 11 is 0. The van der Waals surface area contributed by atoms with Crippen LogP contribution < -0.4 is 10.6 Å². The normalized spacial score (nSPS) is 10.4. The predicted molar refractivity (Wildman–Crippen MR) is 94.4 cm³/mol. The van der Waals surface area contributed by atoms with E-state index in [1.54, 1.807) is 25.1 Å². The van der Waals surface area contributed by atoms with Crippen LogP contribution >= 0.6 is 0 Å². The van der Waals surface area contributed by atoms with Crippen LogP contribution in [0.15, 0.2) is 60.7 Å². The van der Waals surface area contributed by atoms with Gasteiger partial charge in [-0.2, -0.15) is 0 Å². The number of rotatable bonds is 3. The fourth-order valence-corrected chi connectivity index (χ4v) is 2.50. The second-order valence-corrected chi connectivity index (χ2v) is 5.36. The number of nitrogens with one attached hydrogen (secondary N) is 2. The molecule has 0 unspecified atom stereocenters. The molecule has 2 amide bonds. The molecule has 0 aliphatic carbocycles. The Morgan fingerprint density at radius 2 is 1.75 bits per heavy atom. The number of hydrogen-bond acceptors (Lipinski definition) is 3. The maximum atomic E-state index is 12.2. The van der Waals surface area contributed by atoms with Crippen molar-refractivity contribution in [1.29, 1.82) is 0 Å². The summed E-state index contributed by atoms with van der Waals surface area (Å²) in [5, 5.41) is 18.3. The highest BCUT2D eigenvalue weighted by Gasteiger charge is 2.12. The molecule has 0 aromatic heterocycles. The Morgan fingerprint density at radius 3 is 2.54 bits per heavy atom. The molecule has 0 aliphatic heterocycles. The third kappa shape index (κ3) is 3.17. The Bertz CT molecular complexity index is 932. The minimum atomic E-state index is -0.469. The Morgan fingerprint density at radius 1 is 1.00 bits per heavy atom. The van der Waals surface area contributed by atoms with Crippen LogP contribution in [0.3, 0.4) is 0 Å². The number of aryl methyl sites for hydroxylation is 1. The van der Waals surface area contributed by atoms with Crippen molar-refractivity contribution in [2.75, 3.05) is 10.6 Å². The minimum Gasteiger partial charge on any atom is -0.307 e. The molecule has 0 atom stereocenters. The lowest BCUT2D eigenvalue weighted by Gasteiger charge is -2.10. The number of anilines is 2. The minimum absolute atomic E-state index is 0.0297.